The van der Waals surface area contributed by atoms with E-state index in [0.717, 1.165) is 5.56 Å². The Labute approximate surface area is 135 Å². The Morgan fingerprint density at radius 3 is 2.65 bits per heavy atom. The Morgan fingerprint density at radius 1 is 1.26 bits per heavy atom. The van der Waals surface area contributed by atoms with Crippen LogP contribution in [0.3, 0.4) is 0 Å². The summed E-state index contributed by atoms with van der Waals surface area (Å²) in [5, 5.41) is 4.12. The van der Waals surface area contributed by atoms with Gasteiger partial charge < -0.3 is 10.5 Å². The third-order valence-corrected chi connectivity index (χ3v) is 3.14. The summed E-state index contributed by atoms with van der Waals surface area (Å²) in [6.45, 7) is 5.74. The average molecular weight is 309 g/mol. The Kier molecular flexibility index (Phi) is 5.52. The lowest BCUT2D eigenvalue weighted by Crippen LogP contribution is -2.20. The number of nitrogens with two attached hydrogens (primary N) is 1. The zero-order valence-corrected chi connectivity index (χ0v) is 13.0. The van der Waals surface area contributed by atoms with Crippen LogP contribution in [-0.4, -0.2) is 18.2 Å². The fourth-order valence-electron chi connectivity index (χ4n) is 1.91. The van der Waals surface area contributed by atoms with E-state index in [2.05, 4.69) is 17.1 Å². The van der Waals surface area contributed by atoms with Crippen molar-refractivity contribution in [1.82, 2.24) is 5.43 Å². The van der Waals surface area contributed by atoms with E-state index in [0.29, 0.717) is 29.3 Å². The highest BCUT2D eigenvalue weighted by Gasteiger charge is 2.11. The van der Waals surface area contributed by atoms with Gasteiger partial charge in [0.25, 0.3) is 5.91 Å². The maximum Gasteiger partial charge on any atom is 0.275 e. The molecule has 5 heteroatoms. The molecule has 0 aliphatic rings. The highest BCUT2D eigenvalue weighted by molar-refractivity contribution is 6.01. The molecule has 3 N–H and O–H groups in total. The minimum absolute atomic E-state index is 0.331. The minimum Gasteiger partial charge on any atom is -0.489 e. The number of amides is 1. The highest BCUT2D eigenvalue weighted by Crippen LogP contribution is 2.17. The maximum absolute atomic E-state index is 12.3. The molecule has 2 rings (SSSR count). The first-order valence-electron chi connectivity index (χ1n) is 7.15. The van der Waals surface area contributed by atoms with E-state index >= 15 is 0 Å². The normalized spacial score (nSPS) is 10.9. The lowest BCUT2D eigenvalue weighted by Gasteiger charge is -2.09. The van der Waals surface area contributed by atoms with Gasteiger partial charge in [0.05, 0.1) is 11.3 Å². The van der Waals surface area contributed by atoms with Gasteiger partial charge in [0.15, 0.2) is 0 Å². The summed E-state index contributed by atoms with van der Waals surface area (Å²) in [6.07, 6.45) is 1.62. The van der Waals surface area contributed by atoms with Gasteiger partial charge in [-0.25, -0.2) is 5.43 Å². The predicted octanol–water partition coefficient (Wildman–Crippen LogP) is 2.99. The molecule has 118 valence electrons. The topological polar surface area (TPSA) is 76.7 Å². The fourth-order valence-corrected chi connectivity index (χ4v) is 1.91. The van der Waals surface area contributed by atoms with Gasteiger partial charge in [-0.05, 0) is 36.8 Å². The zero-order chi connectivity index (χ0) is 16.7. The van der Waals surface area contributed by atoms with Gasteiger partial charge >= 0.3 is 0 Å². The number of benzene rings is 2. The van der Waals surface area contributed by atoms with Crippen molar-refractivity contribution >= 4 is 17.3 Å². The number of anilines is 1. The number of carbonyl (C=O) groups is 1. The number of hydrogen-bond donors (Lipinski definition) is 2. The molecule has 23 heavy (non-hydrogen) atoms. The van der Waals surface area contributed by atoms with Crippen molar-refractivity contribution in [3.05, 3.63) is 72.3 Å². The monoisotopic (exact) mass is 309 g/mol. The Balaban J connectivity index is 2.11. The number of nitrogens with zero attached hydrogens (tertiary/aromatic N) is 1. The second kappa shape index (κ2) is 7.79. The van der Waals surface area contributed by atoms with Crippen molar-refractivity contribution < 1.29 is 9.53 Å². The summed E-state index contributed by atoms with van der Waals surface area (Å²) in [5.41, 5.74) is 10.9. The standard InChI is InChI=1S/C18H19N3O2/c1-3-12-23-17-7-5-4-6-16(17)18(22)21-20-13(2)14-8-10-15(19)11-9-14/h3-11H,1,12,19H2,2H3,(H,21,22). The summed E-state index contributed by atoms with van der Waals surface area (Å²) in [5.74, 6) is 0.157. The molecule has 2 aromatic carbocycles. The number of hydrazone groups is 1. The Morgan fingerprint density at radius 2 is 1.96 bits per heavy atom. The van der Waals surface area contributed by atoms with E-state index in [1.54, 1.807) is 42.5 Å². The maximum atomic E-state index is 12.3. The number of nitrogens with one attached hydrogen (secondary N) is 1. The molecule has 0 fully saturated rings. The molecule has 0 saturated heterocycles. The summed E-state index contributed by atoms with van der Waals surface area (Å²) >= 11 is 0. The third-order valence-electron chi connectivity index (χ3n) is 3.14. The predicted molar refractivity (Wildman–Crippen MR) is 92.7 cm³/mol. The first kappa shape index (κ1) is 16.3. The number of hydrogen-bond acceptors (Lipinski definition) is 4. The van der Waals surface area contributed by atoms with Crippen LogP contribution in [0.25, 0.3) is 0 Å². The second-order valence-electron chi connectivity index (χ2n) is 4.86. The molecule has 0 heterocycles. The van der Waals surface area contributed by atoms with Crippen LogP contribution in [-0.2, 0) is 0 Å². The van der Waals surface area contributed by atoms with Crippen LogP contribution in [0.1, 0.15) is 22.8 Å². The molecule has 0 aliphatic carbocycles. The van der Waals surface area contributed by atoms with E-state index in [1.165, 1.54) is 0 Å². The summed E-state index contributed by atoms with van der Waals surface area (Å²) in [7, 11) is 0. The van der Waals surface area contributed by atoms with Crippen LogP contribution >= 0.6 is 0 Å². The molecule has 0 aromatic heterocycles. The van der Waals surface area contributed by atoms with Crippen molar-refractivity contribution in [2.75, 3.05) is 12.3 Å². The quantitative estimate of drug-likeness (QED) is 0.373. The number of nitrogen functional groups attached to an aromatic ring is 1. The van der Waals surface area contributed by atoms with Crippen LogP contribution in [0.5, 0.6) is 5.75 Å². The summed E-state index contributed by atoms with van der Waals surface area (Å²) in [4.78, 5) is 12.3. The van der Waals surface area contributed by atoms with Gasteiger partial charge in [0.1, 0.15) is 12.4 Å². The summed E-state index contributed by atoms with van der Waals surface area (Å²) in [6, 6.07) is 14.3. The van der Waals surface area contributed by atoms with Gasteiger partial charge in [-0.3, -0.25) is 4.79 Å². The lowest BCUT2D eigenvalue weighted by molar-refractivity contribution is 0.0951. The molecular weight excluding hydrogens is 290 g/mol. The van der Waals surface area contributed by atoms with Gasteiger partial charge in [-0.15, -0.1) is 0 Å². The Hall–Kier alpha value is -3.08. The van der Waals surface area contributed by atoms with Crippen LogP contribution in [0.2, 0.25) is 0 Å². The van der Waals surface area contributed by atoms with Crippen molar-refractivity contribution in [2.24, 2.45) is 5.10 Å². The second-order valence-corrected chi connectivity index (χ2v) is 4.86. The zero-order valence-electron chi connectivity index (χ0n) is 13.0. The third kappa shape index (κ3) is 4.44. The molecule has 0 saturated carbocycles. The molecule has 1 amide bonds. The molecule has 0 atom stereocenters. The summed E-state index contributed by atoms with van der Waals surface area (Å²) < 4.78 is 5.47. The van der Waals surface area contributed by atoms with Crippen molar-refractivity contribution in [3.8, 4) is 5.75 Å². The molecule has 0 radical (unpaired) electrons. The van der Waals surface area contributed by atoms with Crippen LogP contribution in [0, 0.1) is 0 Å². The van der Waals surface area contributed by atoms with E-state index in [1.807, 2.05) is 19.1 Å². The number of para-hydroxylation sites is 1. The van der Waals surface area contributed by atoms with Gasteiger partial charge in [-0.2, -0.15) is 5.10 Å². The van der Waals surface area contributed by atoms with E-state index in [9.17, 15) is 4.79 Å². The number of rotatable bonds is 6. The van der Waals surface area contributed by atoms with Crippen molar-refractivity contribution in [3.63, 3.8) is 0 Å². The average Bonchev–Trinajstić information content (AvgIpc) is 2.58. The Bertz CT molecular complexity index is 721. The van der Waals surface area contributed by atoms with Crippen LogP contribution < -0.4 is 15.9 Å². The lowest BCUT2D eigenvalue weighted by atomic mass is 10.1. The fraction of sp³-hybridized carbons (Fsp3) is 0.111. The van der Waals surface area contributed by atoms with Gasteiger partial charge in [0.2, 0.25) is 0 Å². The molecular formula is C18H19N3O2. The van der Waals surface area contributed by atoms with E-state index in [-0.39, 0.29) is 5.91 Å². The minimum atomic E-state index is -0.334. The molecule has 0 unspecified atom stereocenters. The van der Waals surface area contributed by atoms with E-state index in [4.69, 9.17) is 10.5 Å². The molecule has 5 nitrogen and oxygen atoms in total. The van der Waals surface area contributed by atoms with Crippen LogP contribution in [0.15, 0.2) is 66.3 Å². The number of ether oxygens (including phenoxy) is 1. The first-order chi connectivity index (χ1) is 11.1. The van der Waals surface area contributed by atoms with Crippen molar-refractivity contribution in [1.29, 1.82) is 0 Å². The van der Waals surface area contributed by atoms with Crippen molar-refractivity contribution in [2.45, 2.75) is 6.92 Å². The largest absolute Gasteiger partial charge is 0.489 e. The van der Waals surface area contributed by atoms with Gasteiger partial charge in [-0.1, -0.05) is 36.9 Å². The van der Waals surface area contributed by atoms with Crippen LogP contribution in [0.4, 0.5) is 5.69 Å². The SMILES string of the molecule is C=CCOc1ccccc1C(=O)NN=C(C)c1ccc(N)cc1. The van der Waals surface area contributed by atoms with Gasteiger partial charge in [0, 0.05) is 5.69 Å². The molecule has 0 spiro atoms. The molecule has 0 bridgehead atoms. The highest BCUT2D eigenvalue weighted by atomic mass is 16.5. The molecule has 0 aliphatic heterocycles. The molecule has 2 aromatic rings. The van der Waals surface area contributed by atoms with E-state index < -0.39 is 0 Å². The first-order valence-corrected chi connectivity index (χ1v) is 7.15. The number of carbonyl (C=O) groups excluding carboxylic acids is 1. The smallest absolute Gasteiger partial charge is 0.275 e.